The van der Waals surface area contributed by atoms with Crippen molar-refractivity contribution in [3.63, 3.8) is 0 Å². The topological polar surface area (TPSA) is 75.6 Å². The Morgan fingerprint density at radius 2 is 2.10 bits per heavy atom. The molecule has 1 aromatic rings. The van der Waals surface area contributed by atoms with Crippen molar-refractivity contribution >= 4 is 11.8 Å². The van der Waals surface area contributed by atoms with E-state index in [0.717, 1.165) is 12.0 Å². The van der Waals surface area contributed by atoms with E-state index >= 15 is 0 Å². The number of carboxylic acids is 1. The molecule has 0 spiro atoms. The van der Waals surface area contributed by atoms with E-state index in [9.17, 15) is 9.59 Å². The SMILES string of the molecule is CCCNC(CC(=O)O)C(=O)c1ccc(OC)cc1C. The normalized spacial score (nSPS) is 11.9. The molecule has 0 aliphatic heterocycles. The van der Waals surface area contributed by atoms with Crippen molar-refractivity contribution in [3.05, 3.63) is 29.3 Å². The van der Waals surface area contributed by atoms with Crippen molar-refractivity contribution in [2.24, 2.45) is 0 Å². The van der Waals surface area contributed by atoms with Gasteiger partial charge in [0, 0.05) is 5.56 Å². The van der Waals surface area contributed by atoms with Crippen molar-refractivity contribution in [1.29, 1.82) is 0 Å². The zero-order valence-electron chi connectivity index (χ0n) is 12.1. The van der Waals surface area contributed by atoms with Gasteiger partial charge in [0.25, 0.3) is 0 Å². The fourth-order valence-corrected chi connectivity index (χ4v) is 1.98. The van der Waals surface area contributed by atoms with Gasteiger partial charge >= 0.3 is 5.97 Å². The molecule has 0 heterocycles. The standard InChI is InChI=1S/C15H21NO4/c1-4-7-16-13(9-14(17)18)15(19)12-6-5-11(20-3)8-10(12)2/h5-6,8,13,16H,4,7,9H2,1-3H3,(H,17,18). The predicted octanol–water partition coefficient (Wildman–Crippen LogP) is 2.03. The third-order valence-corrected chi connectivity index (χ3v) is 3.04. The molecule has 0 fully saturated rings. The average molecular weight is 279 g/mol. The Kier molecular flexibility index (Phi) is 6.18. The molecule has 2 N–H and O–H groups in total. The molecule has 0 saturated heterocycles. The van der Waals surface area contributed by atoms with Gasteiger partial charge in [0.05, 0.1) is 19.6 Å². The van der Waals surface area contributed by atoms with Gasteiger partial charge in [-0.3, -0.25) is 9.59 Å². The van der Waals surface area contributed by atoms with Crippen molar-refractivity contribution in [3.8, 4) is 5.75 Å². The van der Waals surface area contributed by atoms with E-state index in [1.165, 1.54) is 0 Å². The van der Waals surface area contributed by atoms with Gasteiger partial charge in [-0.1, -0.05) is 6.92 Å². The number of nitrogens with one attached hydrogen (secondary N) is 1. The molecule has 0 aliphatic carbocycles. The van der Waals surface area contributed by atoms with E-state index in [2.05, 4.69) is 5.32 Å². The first-order chi connectivity index (χ1) is 9.49. The summed E-state index contributed by atoms with van der Waals surface area (Å²) in [6, 6.07) is 4.46. The van der Waals surface area contributed by atoms with Gasteiger partial charge in [-0.15, -0.1) is 0 Å². The molecule has 5 heteroatoms. The summed E-state index contributed by atoms with van der Waals surface area (Å²) in [6.07, 6.45) is 0.620. The third-order valence-electron chi connectivity index (χ3n) is 3.04. The van der Waals surface area contributed by atoms with Gasteiger partial charge in [0.2, 0.25) is 0 Å². The number of hydrogen-bond donors (Lipinski definition) is 2. The fraction of sp³-hybridized carbons (Fsp3) is 0.467. The van der Waals surface area contributed by atoms with E-state index < -0.39 is 12.0 Å². The van der Waals surface area contributed by atoms with Gasteiger partial charge in [0.1, 0.15) is 5.75 Å². The predicted molar refractivity (Wildman–Crippen MR) is 76.4 cm³/mol. The van der Waals surface area contributed by atoms with Gasteiger partial charge < -0.3 is 15.2 Å². The highest BCUT2D eigenvalue weighted by molar-refractivity contribution is 6.02. The average Bonchev–Trinajstić information content (AvgIpc) is 2.42. The highest BCUT2D eigenvalue weighted by atomic mass is 16.5. The van der Waals surface area contributed by atoms with Crippen LogP contribution in [0.2, 0.25) is 0 Å². The molecule has 0 bridgehead atoms. The van der Waals surface area contributed by atoms with Crippen LogP contribution in [0.5, 0.6) is 5.75 Å². The van der Waals surface area contributed by atoms with Crippen LogP contribution in [0.3, 0.4) is 0 Å². The first-order valence-corrected chi connectivity index (χ1v) is 6.63. The summed E-state index contributed by atoms with van der Waals surface area (Å²) in [4.78, 5) is 23.3. The lowest BCUT2D eigenvalue weighted by Gasteiger charge is -2.17. The molecule has 110 valence electrons. The van der Waals surface area contributed by atoms with E-state index in [0.29, 0.717) is 17.9 Å². The van der Waals surface area contributed by atoms with E-state index in [4.69, 9.17) is 9.84 Å². The van der Waals surface area contributed by atoms with Crippen LogP contribution in [0.15, 0.2) is 18.2 Å². The van der Waals surface area contributed by atoms with Crippen molar-refractivity contribution in [2.75, 3.05) is 13.7 Å². The molecule has 0 amide bonds. The molecule has 0 aliphatic rings. The Bertz CT molecular complexity index is 485. The minimum Gasteiger partial charge on any atom is -0.497 e. The maximum absolute atomic E-state index is 12.4. The number of carboxylic acid groups (broad SMARTS) is 1. The smallest absolute Gasteiger partial charge is 0.305 e. The minimum atomic E-state index is -0.988. The molecular weight excluding hydrogens is 258 g/mol. The monoisotopic (exact) mass is 279 g/mol. The number of rotatable bonds is 8. The van der Waals surface area contributed by atoms with Crippen LogP contribution in [0.4, 0.5) is 0 Å². The number of aliphatic carboxylic acids is 1. The molecule has 5 nitrogen and oxygen atoms in total. The molecule has 0 saturated carbocycles. The number of carbonyl (C=O) groups excluding carboxylic acids is 1. The first kappa shape index (κ1) is 16.2. The number of aryl methyl sites for hydroxylation is 1. The molecule has 1 atom stereocenters. The second-order valence-corrected chi connectivity index (χ2v) is 4.65. The van der Waals surface area contributed by atoms with Gasteiger partial charge in [-0.05, 0) is 43.7 Å². The number of hydrogen-bond acceptors (Lipinski definition) is 4. The summed E-state index contributed by atoms with van der Waals surface area (Å²) < 4.78 is 5.10. The molecule has 1 unspecified atom stereocenters. The van der Waals surface area contributed by atoms with Gasteiger partial charge in [-0.2, -0.15) is 0 Å². The van der Waals surface area contributed by atoms with Crippen LogP contribution in [-0.4, -0.2) is 36.6 Å². The van der Waals surface area contributed by atoms with Crippen LogP contribution in [0, 0.1) is 6.92 Å². The Morgan fingerprint density at radius 1 is 1.40 bits per heavy atom. The summed E-state index contributed by atoms with van der Waals surface area (Å²) >= 11 is 0. The second kappa shape index (κ2) is 7.65. The quantitative estimate of drug-likeness (QED) is 0.712. The second-order valence-electron chi connectivity index (χ2n) is 4.65. The van der Waals surface area contributed by atoms with E-state index in [-0.39, 0.29) is 12.2 Å². The minimum absolute atomic E-state index is 0.194. The number of ether oxygens (including phenoxy) is 1. The summed E-state index contributed by atoms with van der Waals surface area (Å²) in [5.74, 6) is -0.505. The van der Waals surface area contributed by atoms with Crippen LogP contribution in [0.1, 0.15) is 35.7 Å². The number of benzene rings is 1. The lowest BCUT2D eigenvalue weighted by molar-refractivity contribution is -0.137. The number of carbonyl (C=O) groups is 2. The number of ketones is 1. The molecule has 0 radical (unpaired) electrons. The summed E-state index contributed by atoms with van der Waals surface area (Å²) in [5.41, 5.74) is 1.31. The fourth-order valence-electron chi connectivity index (χ4n) is 1.98. The Hall–Kier alpha value is -1.88. The Balaban J connectivity index is 2.95. The summed E-state index contributed by atoms with van der Waals surface area (Å²) in [5, 5.41) is 11.9. The molecule has 20 heavy (non-hydrogen) atoms. The Labute approximate surface area is 118 Å². The highest BCUT2D eigenvalue weighted by Crippen LogP contribution is 2.19. The van der Waals surface area contributed by atoms with Crippen LogP contribution in [-0.2, 0) is 4.79 Å². The zero-order chi connectivity index (χ0) is 15.1. The van der Waals surface area contributed by atoms with Crippen molar-refractivity contribution in [1.82, 2.24) is 5.32 Å². The molecule has 1 rings (SSSR count). The van der Waals surface area contributed by atoms with Crippen molar-refractivity contribution < 1.29 is 19.4 Å². The summed E-state index contributed by atoms with van der Waals surface area (Å²) in [6.45, 7) is 4.39. The lowest BCUT2D eigenvalue weighted by Crippen LogP contribution is -2.39. The molecule has 1 aromatic carbocycles. The number of Topliss-reactive ketones (excluding diaryl/α,β-unsaturated/α-hetero) is 1. The third kappa shape index (κ3) is 4.35. The van der Waals surface area contributed by atoms with Gasteiger partial charge in [0.15, 0.2) is 5.78 Å². The largest absolute Gasteiger partial charge is 0.497 e. The van der Waals surface area contributed by atoms with Gasteiger partial charge in [-0.25, -0.2) is 0 Å². The van der Waals surface area contributed by atoms with Crippen molar-refractivity contribution in [2.45, 2.75) is 32.7 Å². The molecular formula is C15H21NO4. The van der Waals surface area contributed by atoms with Crippen LogP contribution >= 0.6 is 0 Å². The highest BCUT2D eigenvalue weighted by Gasteiger charge is 2.23. The van der Waals surface area contributed by atoms with E-state index in [1.54, 1.807) is 25.3 Å². The number of methoxy groups -OCH3 is 1. The zero-order valence-corrected chi connectivity index (χ0v) is 12.1. The maximum atomic E-state index is 12.4. The first-order valence-electron chi connectivity index (χ1n) is 6.63. The maximum Gasteiger partial charge on any atom is 0.305 e. The summed E-state index contributed by atoms with van der Waals surface area (Å²) in [7, 11) is 1.56. The Morgan fingerprint density at radius 3 is 2.60 bits per heavy atom. The van der Waals surface area contributed by atoms with E-state index in [1.807, 2.05) is 13.8 Å². The lowest BCUT2D eigenvalue weighted by atomic mass is 9.97. The molecule has 0 aromatic heterocycles. The van der Waals surface area contributed by atoms with Crippen LogP contribution in [0.25, 0.3) is 0 Å². The van der Waals surface area contributed by atoms with Crippen LogP contribution < -0.4 is 10.1 Å².